The normalized spacial score (nSPS) is 18.9. The Morgan fingerprint density at radius 2 is 2.00 bits per heavy atom. The van der Waals surface area contributed by atoms with Gasteiger partial charge in [0.15, 0.2) is 5.82 Å². The Labute approximate surface area is 119 Å². The number of thioether (sulfide) groups is 1. The fraction of sp³-hybridized carbons (Fsp3) is 0.846. The summed E-state index contributed by atoms with van der Waals surface area (Å²) >= 11 is 1.87. The van der Waals surface area contributed by atoms with Crippen LogP contribution in [0.5, 0.6) is 0 Å². The summed E-state index contributed by atoms with van der Waals surface area (Å²) in [5.41, 5.74) is 0. The minimum absolute atomic E-state index is 0.265. The molecule has 2 rings (SSSR count). The van der Waals surface area contributed by atoms with Gasteiger partial charge in [0.2, 0.25) is 5.89 Å². The average molecular weight is 285 g/mol. The summed E-state index contributed by atoms with van der Waals surface area (Å²) < 4.78 is 10.7. The zero-order chi connectivity index (χ0) is 13.7. The largest absolute Gasteiger partial charge is 0.379 e. The molecule has 19 heavy (non-hydrogen) atoms. The second-order valence-corrected chi connectivity index (χ2v) is 6.56. The summed E-state index contributed by atoms with van der Waals surface area (Å²) in [5.74, 6) is 2.95. The van der Waals surface area contributed by atoms with E-state index in [0.717, 1.165) is 50.3 Å². The van der Waals surface area contributed by atoms with Gasteiger partial charge < -0.3 is 9.26 Å². The molecule has 0 N–H and O–H groups in total. The number of nitrogens with zero attached hydrogens (tertiary/aromatic N) is 3. The predicted molar refractivity (Wildman–Crippen MR) is 76.5 cm³/mol. The molecule has 1 atom stereocenters. The summed E-state index contributed by atoms with van der Waals surface area (Å²) in [4.78, 5) is 6.88. The number of hydrogen-bond donors (Lipinski definition) is 0. The molecule has 1 fully saturated rings. The van der Waals surface area contributed by atoms with Crippen molar-refractivity contribution in [2.24, 2.45) is 0 Å². The van der Waals surface area contributed by atoms with Crippen LogP contribution >= 0.6 is 11.8 Å². The molecule has 0 saturated carbocycles. The molecule has 0 amide bonds. The molecular formula is C13H23N3O2S. The van der Waals surface area contributed by atoms with Crippen molar-refractivity contribution in [2.75, 3.05) is 38.6 Å². The Morgan fingerprint density at radius 1 is 1.26 bits per heavy atom. The fourth-order valence-corrected chi connectivity index (χ4v) is 2.86. The molecule has 5 nitrogen and oxygen atoms in total. The molecule has 0 bridgehead atoms. The Morgan fingerprint density at radius 3 is 2.63 bits per heavy atom. The Bertz CT molecular complexity index is 378. The second-order valence-electron chi connectivity index (χ2n) is 5.11. The van der Waals surface area contributed by atoms with E-state index in [2.05, 4.69) is 35.8 Å². The zero-order valence-corrected chi connectivity index (χ0v) is 12.8. The van der Waals surface area contributed by atoms with Gasteiger partial charge in [0.1, 0.15) is 0 Å². The molecule has 0 spiro atoms. The van der Waals surface area contributed by atoms with Crippen LogP contribution in [0.15, 0.2) is 4.52 Å². The molecule has 1 aromatic rings. The highest BCUT2D eigenvalue weighted by molar-refractivity contribution is 7.99. The van der Waals surface area contributed by atoms with Crippen molar-refractivity contribution in [2.45, 2.75) is 31.9 Å². The van der Waals surface area contributed by atoms with Crippen LogP contribution in [0.1, 0.15) is 43.7 Å². The van der Waals surface area contributed by atoms with Gasteiger partial charge in [-0.2, -0.15) is 4.98 Å². The number of hydrogen-bond acceptors (Lipinski definition) is 6. The van der Waals surface area contributed by atoms with E-state index in [1.54, 1.807) is 0 Å². The van der Waals surface area contributed by atoms with Gasteiger partial charge in [-0.1, -0.05) is 19.0 Å². The monoisotopic (exact) mass is 285 g/mol. The molecule has 1 unspecified atom stereocenters. The van der Waals surface area contributed by atoms with Gasteiger partial charge in [0.05, 0.1) is 18.5 Å². The lowest BCUT2D eigenvalue weighted by molar-refractivity contribution is 0.0410. The van der Waals surface area contributed by atoms with Gasteiger partial charge in [-0.25, -0.2) is 0 Å². The maximum atomic E-state index is 5.34. The third-order valence-electron chi connectivity index (χ3n) is 3.20. The third kappa shape index (κ3) is 4.47. The summed E-state index contributed by atoms with van der Waals surface area (Å²) in [6, 6.07) is 0. The lowest BCUT2D eigenvalue weighted by Crippen LogP contribution is -2.37. The standard InChI is InChI=1S/C13H23N3O2S/c1-10(2)12-14-13(18-15-12)11(3)19-9-6-16-4-7-17-8-5-16/h10-11H,4-9H2,1-3H3. The lowest BCUT2D eigenvalue weighted by atomic mass is 10.2. The first kappa shape index (κ1) is 14.8. The Balaban J connectivity index is 1.72. The van der Waals surface area contributed by atoms with E-state index in [-0.39, 0.29) is 5.25 Å². The quantitative estimate of drug-likeness (QED) is 0.799. The van der Waals surface area contributed by atoms with E-state index in [1.807, 2.05) is 11.8 Å². The molecule has 1 aromatic heterocycles. The summed E-state index contributed by atoms with van der Waals surface area (Å²) in [6.45, 7) is 11.2. The average Bonchev–Trinajstić information content (AvgIpc) is 2.89. The van der Waals surface area contributed by atoms with Crippen LogP contribution in [-0.4, -0.2) is 53.6 Å². The first-order chi connectivity index (χ1) is 9.16. The van der Waals surface area contributed by atoms with E-state index in [9.17, 15) is 0 Å². The predicted octanol–water partition coefficient (Wildman–Crippen LogP) is 2.32. The Kier molecular flexibility index (Phi) is 5.66. The third-order valence-corrected chi connectivity index (χ3v) is 4.32. The van der Waals surface area contributed by atoms with Crippen LogP contribution in [0, 0.1) is 0 Å². The molecule has 2 heterocycles. The van der Waals surface area contributed by atoms with Crippen LogP contribution in [0.4, 0.5) is 0 Å². The molecular weight excluding hydrogens is 262 g/mol. The van der Waals surface area contributed by atoms with E-state index in [0.29, 0.717) is 5.92 Å². The van der Waals surface area contributed by atoms with Crippen molar-refractivity contribution in [1.29, 1.82) is 0 Å². The van der Waals surface area contributed by atoms with Crippen molar-refractivity contribution >= 4 is 11.8 Å². The molecule has 6 heteroatoms. The molecule has 0 aliphatic carbocycles. The molecule has 1 aliphatic rings. The highest BCUT2D eigenvalue weighted by Crippen LogP contribution is 2.27. The molecule has 108 valence electrons. The molecule has 0 radical (unpaired) electrons. The number of aromatic nitrogens is 2. The first-order valence-electron chi connectivity index (χ1n) is 6.92. The molecule has 1 saturated heterocycles. The maximum absolute atomic E-state index is 5.34. The van der Waals surface area contributed by atoms with Gasteiger partial charge in [-0.05, 0) is 6.92 Å². The van der Waals surface area contributed by atoms with E-state index in [4.69, 9.17) is 9.26 Å². The SMILES string of the molecule is CC(C)c1noc(C(C)SCCN2CCOCC2)n1. The van der Waals surface area contributed by atoms with Crippen LogP contribution in [-0.2, 0) is 4.74 Å². The number of ether oxygens (including phenoxy) is 1. The minimum Gasteiger partial charge on any atom is -0.379 e. The Hall–Kier alpha value is -0.590. The fourth-order valence-electron chi connectivity index (χ4n) is 1.90. The summed E-state index contributed by atoms with van der Waals surface area (Å²) in [7, 11) is 0. The maximum Gasteiger partial charge on any atom is 0.239 e. The van der Waals surface area contributed by atoms with Gasteiger partial charge >= 0.3 is 0 Å². The van der Waals surface area contributed by atoms with Crippen LogP contribution in [0.25, 0.3) is 0 Å². The minimum atomic E-state index is 0.265. The highest BCUT2D eigenvalue weighted by atomic mass is 32.2. The number of rotatable bonds is 6. The van der Waals surface area contributed by atoms with Gasteiger partial charge in [0, 0.05) is 31.3 Å². The van der Waals surface area contributed by atoms with Crippen LogP contribution in [0.2, 0.25) is 0 Å². The van der Waals surface area contributed by atoms with E-state index < -0.39 is 0 Å². The first-order valence-corrected chi connectivity index (χ1v) is 7.97. The van der Waals surface area contributed by atoms with E-state index in [1.165, 1.54) is 0 Å². The van der Waals surface area contributed by atoms with Crippen molar-refractivity contribution < 1.29 is 9.26 Å². The van der Waals surface area contributed by atoms with Crippen LogP contribution < -0.4 is 0 Å². The van der Waals surface area contributed by atoms with Crippen LogP contribution in [0.3, 0.4) is 0 Å². The second kappa shape index (κ2) is 7.26. The molecule has 1 aliphatic heterocycles. The highest BCUT2D eigenvalue weighted by Gasteiger charge is 2.17. The van der Waals surface area contributed by atoms with Crippen molar-refractivity contribution in [1.82, 2.24) is 15.0 Å². The van der Waals surface area contributed by atoms with Gasteiger partial charge in [-0.15, -0.1) is 11.8 Å². The molecule has 0 aromatic carbocycles. The van der Waals surface area contributed by atoms with Crippen molar-refractivity contribution in [3.8, 4) is 0 Å². The number of morpholine rings is 1. The summed E-state index contributed by atoms with van der Waals surface area (Å²) in [5, 5.41) is 4.27. The van der Waals surface area contributed by atoms with Gasteiger partial charge in [-0.3, -0.25) is 4.90 Å². The zero-order valence-electron chi connectivity index (χ0n) is 12.0. The topological polar surface area (TPSA) is 51.4 Å². The smallest absolute Gasteiger partial charge is 0.239 e. The lowest BCUT2D eigenvalue weighted by Gasteiger charge is -2.26. The van der Waals surface area contributed by atoms with Crippen molar-refractivity contribution in [3.05, 3.63) is 11.7 Å². The van der Waals surface area contributed by atoms with Crippen molar-refractivity contribution in [3.63, 3.8) is 0 Å². The van der Waals surface area contributed by atoms with E-state index >= 15 is 0 Å². The van der Waals surface area contributed by atoms with Gasteiger partial charge in [0.25, 0.3) is 0 Å². The summed E-state index contributed by atoms with van der Waals surface area (Å²) in [6.07, 6.45) is 0.